The van der Waals surface area contributed by atoms with Crippen LogP contribution < -0.4 is 10.1 Å². The van der Waals surface area contributed by atoms with Crippen LogP contribution in [0.2, 0.25) is 5.02 Å². The number of likely N-dealkylation sites (tertiary alicyclic amines) is 1. The Kier molecular flexibility index (Phi) is 5.05. The number of halogens is 1. The second-order valence-electron chi connectivity index (χ2n) is 6.51. The molecule has 28 heavy (non-hydrogen) atoms. The van der Waals surface area contributed by atoms with Crippen LogP contribution in [0.3, 0.4) is 0 Å². The van der Waals surface area contributed by atoms with E-state index in [1.54, 1.807) is 17.0 Å². The highest BCUT2D eigenvalue weighted by Gasteiger charge is 2.35. The summed E-state index contributed by atoms with van der Waals surface area (Å²) in [6.45, 7) is 0.839. The van der Waals surface area contributed by atoms with Crippen molar-refractivity contribution in [3.63, 3.8) is 0 Å². The zero-order valence-electron chi connectivity index (χ0n) is 15.1. The van der Waals surface area contributed by atoms with Gasteiger partial charge in [0, 0.05) is 18.1 Å². The van der Waals surface area contributed by atoms with Crippen LogP contribution in [0.25, 0.3) is 10.3 Å². The molecule has 2 N–H and O–H groups in total. The predicted octanol–water partition coefficient (Wildman–Crippen LogP) is 3.26. The van der Waals surface area contributed by atoms with Crippen LogP contribution in [0, 0.1) is 0 Å². The number of benzene rings is 1. The number of ether oxygens (including phenoxy) is 1. The number of methoxy groups -OCH3 is 1. The lowest BCUT2D eigenvalue weighted by Crippen LogP contribution is -2.46. The molecule has 1 aliphatic rings. The highest BCUT2D eigenvalue weighted by molar-refractivity contribution is 7.22. The number of urea groups is 1. The van der Waals surface area contributed by atoms with Crippen LogP contribution in [-0.2, 0) is 5.60 Å². The van der Waals surface area contributed by atoms with E-state index in [1.807, 2.05) is 12.1 Å². The third-order valence-electron chi connectivity index (χ3n) is 4.81. The molecule has 2 amide bonds. The fourth-order valence-corrected chi connectivity index (χ4v) is 4.23. The van der Waals surface area contributed by atoms with Gasteiger partial charge in [0.05, 0.1) is 12.7 Å². The van der Waals surface area contributed by atoms with Gasteiger partial charge in [-0.3, -0.25) is 5.32 Å². The third kappa shape index (κ3) is 3.60. The lowest BCUT2D eigenvalue weighted by molar-refractivity contribution is -0.0156. The molecule has 0 atom stereocenters. The summed E-state index contributed by atoms with van der Waals surface area (Å²) in [5.41, 5.74) is 0.303. The number of anilines is 1. The van der Waals surface area contributed by atoms with E-state index >= 15 is 0 Å². The number of hydrogen-bond donors (Lipinski definition) is 2. The zero-order chi connectivity index (χ0) is 19.7. The molecular formula is C18H18ClN5O3S. The Labute approximate surface area is 170 Å². The van der Waals surface area contributed by atoms with Gasteiger partial charge in [-0.15, -0.1) is 0 Å². The number of carbonyl (C=O) groups is 1. The molecule has 1 aliphatic heterocycles. The van der Waals surface area contributed by atoms with Crippen molar-refractivity contribution in [3.05, 3.63) is 41.2 Å². The van der Waals surface area contributed by atoms with Gasteiger partial charge in [-0.1, -0.05) is 35.1 Å². The van der Waals surface area contributed by atoms with E-state index < -0.39 is 5.60 Å². The SMILES string of the molecule is COc1ncnc2sc(NC(=O)N3CCC(O)(c4cccc(Cl)c4)CC3)nc12. The molecule has 0 bridgehead atoms. The molecule has 0 saturated carbocycles. The standard InChI is InChI=1S/C18H18ClN5O3S/c1-27-14-13-15(21-10-20-14)28-16(22-13)23-17(25)24-7-5-18(26,6-8-24)11-3-2-4-12(19)9-11/h2-4,9-10,26H,5-8H2,1H3,(H,22,23,25). The number of hydrogen-bond acceptors (Lipinski definition) is 7. The van der Waals surface area contributed by atoms with Gasteiger partial charge in [-0.25, -0.2) is 14.8 Å². The highest BCUT2D eigenvalue weighted by atomic mass is 35.5. The quantitative estimate of drug-likeness (QED) is 0.675. The van der Waals surface area contributed by atoms with E-state index in [1.165, 1.54) is 24.8 Å². The molecule has 4 rings (SSSR count). The Morgan fingerprint density at radius 1 is 1.36 bits per heavy atom. The van der Waals surface area contributed by atoms with Gasteiger partial charge in [0.25, 0.3) is 0 Å². The first-order valence-corrected chi connectivity index (χ1v) is 9.88. The summed E-state index contributed by atoms with van der Waals surface area (Å²) in [7, 11) is 1.51. The molecule has 2 aromatic heterocycles. The van der Waals surface area contributed by atoms with Crippen molar-refractivity contribution >= 4 is 44.4 Å². The van der Waals surface area contributed by atoms with Crippen LogP contribution in [0.1, 0.15) is 18.4 Å². The number of piperidine rings is 1. The van der Waals surface area contributed by atoms with Crippen molar-refractivity contribution in [2.45, 2.75) is 18.4 Å². The van der Waals surface area contributed by atoms with Gasteiger partial charge in [0.1, 0.15) is 6.33 Å². The topological polar surface area (TPSA) is 100 Å². The first kappa shape index (κ1) is 18.9. The highest BCUT2D eigenvalue weighted by Crippen LogP contribution is 2.34. The minimum Gasteiger partial charge on any atom is -0.479 e. The summed E-state index contributed by atoms with van der Waals surface area (Å²) in [6, 6.07) is 6.95. The Balaban J connectivity index is 1.43. The van der Waals surface area contributed by atoms with Crippen molar-refractivity contribution < 1.29 is 14.6 Å². The number of amides is 2. The molecule has 0 unspecified atom stereocenters. The number of fused-ring (bicyclic) bond motifs is 1. The van der Waals surface area contributed by atoms with Gasteiger partial charge in [0.15, 0.2) is 15.5 Å². The summed E-state index contributed by atoms with van der Waals surface area (Å²) in [6.07, 6.45) is 2.26. The van der Waals surface area contributed by atoms with E-state index in [0.29, 0.717) is 52.3 Å². The molecule has 146 valence electrons. The van der Waals surface area contributed by atoms with Crippen LogP contribution >= 0.6 is 22.9 Å². The second kappa shape index (κ2) is 7.50. The molecule has 3 aromatic rings. The monoisotopic (exact) mass is 419 g/mol. The molecule has 1 fully saturated rings. The third-order valence-corrected chi connectivity index (χ3v) is 5.92. The number of thiazole rings is 1. The molecule has 3 heterocycles. The zero-order valence-corrected chi connectivity index (χ0v) is 16.6. The Morgan fingerprint density at radius 3 is 2.86 bits per heavy atom. The van der Waals surface area contributed by atoms with Crippen LogP contribution in [0.15, 0.2) is 30.6 Å². The van der Waals surface area contributed by atoms with E-state index in [9.17, 15) is 9.90 Å². The average Bonchev–Trinajstić information content (AvgIpc) is 3.11. The molecule has 1 aromatic carbocycles. The number of aromatic nitrogens is 3. The molecule has 0 spiro atoms. The number of nitrogens with one attached hydrogen (secondary N) is 1. The Morgan fingerprint density at radius 2 is 2.14 bits per heavy atom. The Hall–Kier alpha value is -2.49. The van der Waals surface area contributed by atoms with Crippen LogP contribution in [0.4, 0.5) is 9.93 Å². The maximum absolute atomic E-state index is 12.6. The lowest BCUT2D eigenvalue weighted by Gasteiger charge is -2.38. The summed E-state index contributed by atoms with van der Waals surface area (Å²) in [5.74, 6) is 0.367. The summed E-state index contributed by atoms with van der Waals surface area (Å²) in [4.78, 5) is 27.4. The van der Waals surface area contributed by atoms with Gasteiger partial charge in [0.2, 0.25) is 5.88 Å². The molecule has 8 nitrogen and oxygen atoms in total. The number of nitrogens with zero attached hydrogens (tertiary/aromatic N) is 4. The molecule has 0 radical (unpaired) electrons. The predicted molar refractivity (Wildman–Crippen MR) is 107 cm³/mol. The first-order valence-electron chi connectivity index (χ1n) is 8.68. The molecular weight excluding hydrogens is 402 g/mol. The number of aliphatic hydroxyl groups is 1. The minimum atomic E-state index is -0.986. The smallest absolute Gasteiger partial charge is 0.323 e. The average molecular weight is 420 g/mol. The van der Waals surface area contributed by atoms with E-state index in [4.69, 9.17) is 16.3 Å². The fraction of sp³-hybridized carbons (Fsp3) is 0.333. The van der Waals surface area contributed by atoms with Crippen molar-refractivity contribution in [3.8, 4) is 5.88 Å². The van der Waals surface area contributed by atoms with Crippen molar-refractivity contribution in [2.24, 2.45) is 0 Å². The maximum atomic E-state index is 12.6. The minimum absolute atomic E-state index is 0.265. The van der Waals surface area contributed by atoms with Crippen molar-refractivity contribution in [1.82, 2.24) is 19.9 Å². The maximum Gasteiger partial charge on any atom is 0.323 e. The van der Waals surface area contributed by atoms with E-state index in [-0.39, 0.29) is 6.03 Å². The molecule has 1 saturated heterocycles. The summed E-state index contributed by atoms with van der Waals surface area (Å²) >= 11 is 7.29. The number of carbonyl (C=O) groups excluding carboxylic acids is 1. The van der Waals surface area contributed by atoms with Gasteiger partial charge in [-0.2, -0.15) is 4.98 Å². The fourth-order valence-electron chi connectivity index (χ4n) is 3.25. The van der Waals surface area contributed by atoms with Crippen LogP contribution in [-0.4, -0.2) is 51.2 Å². The number of rotatable bonds is 3. The van der Waals surface area contributed by atoms with Crippen molar-refractivity contribution in [1.29, 1.82) is 0 Å². The van der Waals surface area contributed by atoms with Gasteiger partial charge in [-0.05, 0) is 30.5 Å². The molecule has 0 aliphatic carbocycles. The normalized spacial score (nSPS) is 16.2. The lowest BCUT2D eigenvalue weighted by atomic mass is 9.84. The largest absolute Gasteiger partial charge is 0.479 e. The second-order valence-corrected chi connectivity index (χ2v) is 7.93. The van der Waals surface area contributed by atoms with E-state index in [2.05, 4.69) is 20.3 Å². The Bertz CT molecular complexity index is 1020. The van der Waals surface area contributed by atoms with Gasteiger partial charge >= 0.3 is 6.03 Å². The summed E-state index contributed by atoms with van der Waals surface area (Å²) < 4.78 is 5.17. The van der Waals surface area contributed by atoms with E-state index in [0.717, 1.165) is 5.56 Å². The first-order chi connectivity index (χ1) is 13.5. The molecule has 10 heteroatoms. The van der Waals surface area contributed by atoms with Crippen molar-refractivity contribution in [2.75, 3.05) is 25.5 Å². The van der Waals surface area contributed by atoms with Crippen LogP contribution in [0.5, 0.6) is 5.88 Å². The van der Waals surface area contributed by atoms with Gasteiger partial charge < -0.3 is 14.7 Å². The summed E-state index contributed by atoms with van der Waals surface area (Å²) in [5, 5.41) is 14.8.